The van der Waals surface area contributed by atoms with Gasteiger partial charge in [-0.2, -0.15) is 0 Å². The van der Waals surface area contributed by atoms with E-state index in [-0.39, 0.29) is 5.91 Å². The summed E-state index contributed by atoms with van der Waals surface area (Å²) in [6.07, 6.45) is 6.53. The van der Waals surface area contributed by atoms with E-state index in [2.05, 4.69) is 6.92 Å². The first-order valence-electron chi connectivity index (χ1n) is 5.12. The minimum absolute atomic E-state index is 0.103. The van der Waals surface area contributed by atoms with Crippen LogP contribution in [0.4, 0.5) is 0 Å². The maximum absolute atomic E-state index is 11.9. The van der Waals surface area contributed by atoms with Crippen molar-refractivity contribution in [1.29, 1.82) is 0 Å². The van der Waals surface area contributed by atoms with Crippen molar-refractivity contribution in [1.82, 2.24) is 4.90 Å². The monoisotopic (exact) mass is 193 g/mol. The van der Waals surface area contributed by atoms with Crippen molar-refractivity contribution >= 4 is 5.91 Å². The number of amides is 1. The summed E-state index contributed by atoms with van der Waals surface area (Å²) in [6.45, 7) is 2.99. The average Bonchev–Trinajstić information content (AvgIpc) is 2.70. The summed E-state index contributed by atoms with van der Waals surface area (Å²) in [4.78, 5) is 13.9. The number of carbonyl (C=O) groups is 1. The van der Waals surface area contributed by atoms with E-state index in [1.807, 2.05) is 4.90 Å². The highest BCUT2D eigenvalue weighted by Crippen LogP contribution is 2.19. The summed E-state index contributed by atoms with van der Waals surface area (Å²) in [5.41, 5.74) is 0.666. The van der Waals surface area contributed by atoms with Crippen LogP contribution in [0.25, 0.3) is 0 Å². The van der Waals surface area contributed by atoms with Crippen LogP contribution in [-0.4, -0.2) is 23.4 Å². The van der Waals surface area contributed by atoms with Gasteiger partial charge in [0.2, 0.25) is 0 Å². The fourth-order valence-electron chi connectivity index (χ4n) is 1.95. The second kappa shape index (κ2) is 3.86. The molecule has 1 atom stereocenters. The third-order valence-electron chi connectivity index (χ3n) is 2.83. The van der Waals surface area contributed by atoms with Crippen LogP contribution in [0.15, 0.2) is 23.0 Å². The Balaban J connectivity index is 2.10. The molecule has 14 heavy (non-hydrogen) atoms. The van der Waals surface area contributed by atoms with Gasteiger partial charge in [-0.1, -0.05) is 0 Å². The number of likely N-dealkylation sites (tertiary alicyclic amines) is 1. The second-order valence-electron chi connectivity index (χ2n) is 3.86. The number of nitrogens with zero attached hydrogens (tertiary/aromatic N) is 1. The lowest BCUT2D eigenvalue weighted by Crippen LogP contribution is -2.41. The van der Waals surface area contributed by atoms with Crippen molar-refractivity contribution in [2.24, 2.45) is 0 Å². The third kappa shape index (κ3) is 1.67. The molecule has 1 unspecified atom stereocenters. The fraction of sp³-hybridized carbons (Fsp3) is 0.545. The first-order chi connectivity index (χ1) is 6.79. The molecule has 0 aliphatic carbocycles. The molecule has 0 aromatic carbocycles. The molecular weight excluding hydrogens is 178 g/mol. The molecule has 1 aliphatic rings. The van der Waals surface area contributed by atoms with E-state index in [4.69, 9.17) is 4.42 Å². The molecule has 0 saturated carbocycles. The zero-order valence-electron chi connectivity index (χ0n) is 8.40. The van der Waals surface area contributed by atoms with Crippen molar-refractivity contribution < 1.29 is 9.21 Å². The predicted molar refractivity (Wildman–Crippen MR) is 53.1 cm³/mol. The van der Waals surface area contributed by atoms with Gasteiger partial charge in [0.1, 0.15) is 6.26 Å². The van der Waals surface area contributed by atoms with Crippen LogP contribution in [0.3, 0.4) is 0 Å². The summed E-state index contributed by atoms with van der Waals surface area (Å²) in [6, 6.07) is 2.09. The standard InChI is InChI=1S/C11H15NO2/c1-9-4-2-3-6-12(9)11(13)10-5-7-14-8-10/h5,7-9H,2-4,6H2,1H3. The summed E-state index contributed by atoms with van der Waals surface area (Å²) < 4.78 is 4.91. The van der Waals surface area contributed by atoms with Gasteiger partial charge in [0, 0.05) is 12.6 Å². The molecule has 0 N–H and O–H groups in total. The van der Waals surface area contributed by atoms with Gasteiger partial charge in [0.05, 0.1) is 11.8 Å². The van der Waals surface area contributed by atoms with Gasteiger partial charge in [-0.3, -0.25) is 4.79 Å². The topological polar surface area (TPSA) is 33.5 Å². The van der Waals surface area contributed by atoms with Crippen molar-refractivity contribution in [3.8, 4) is 0 Å². The Morgan fingerprint density at radius 1 is 1.57 bits per heavy atom. The van der Waals surface area contributed by atoms with Crippen LogP contribution in [-0.2, 0) is 0 Å². The highest BCUT2D eigenvalue weighted by atomic mass is 16.3. The van der Waals surface area contributed by atoms with Gasteiger partial charge in [0.15, 0.2) is 0 Å². The number of furan rings is 1. The van der Waals surface area contributed by atoms with Crippen LogP contribution in [0, 0.1) is 0 Å². The first kappa shape index (κ1) is 9.31. The van der Waals surface area contributed by atoms with Crippen LogP contribution in [0.2, 0.25) is 0 Å². The lowest BCUT2D eigenvalue weighted by molar-refractivity contribution is 0.0635. The lowest BCUT2D eigenvalue weighted by Gasteiger charge is -2.33. The Hall–Kier alpha value is -1.25. The van der Waals surface area contributed by atoms with E-state index in [9.17, 15) is 4.79 Å². The second-order valence-corrected chi connectivity index (χ2v) is 3.86. The molecule has 76 valence electrons. The molecule has 1 saturated heterocycles. The SMILES string of the molecule is CC1CCCCN1C(=O)c1ccoc1. The smallest absolute Gasteiger partial charge is 0.257 e. The number of carbonyl (C=O) groups excluding carboxylic acids is 1. The van der Waals surface area contributed by atoms with Gasteiger partial charge in [-0.05, 0) is 32.3 Å². The Kier molecular flexibility index (Phi) is 2.57. The van der Waals surface area contributed by atoms with E-state index in [0.717, 1.165) is 19.4 Å². The summed E-state index contributed by atoms with van der Waals surface area (Å²) in [5.74, 6) is 0.103. The molecule has 1 aliphatic heterocycles. The molecule has 0 radical (unpaired) electrons. The third-order valence-corrected chi connectivity index (χ3v) is 2.83. The van der Waals surface area contributed by atoms with Crippen molar-refractivity contribution in [3.05, 3.63) is 24.2 Å². The van der Waals surface area contributed by atoms with Crippen LogP contribution in [0.1, 0.15) is 36.5 Å². The maximum Gasteiger partial charge on any atom is 0.257 e. The number of rotatable bonds is 1. The summed E-state index contributed by atoms with van der Waals surface area (Å²) >= 11 is 0. The van der Waals surface area contributed by atoms with Crippen LogP contribution >= 0.6 is 0 Å². The molecule has 2 heterocycles. The van der Waals surface area contributed by atoms with E-state index in [0.29, 0.717) is 11.6 Å². The maximum atomic E-state index is 11.9. The van der Waals surface area contributed by atoms with Gasteiger partial charge in [-0.15, -0.1) is 0 Å². The summed E-state index contributed by atoms with van der Waals surface area (Å²) in [5, 5.41) is 0. The molecule has 1 aromatic rings. The highest BCUT2D eigenvalue weighted by molar-refractivity contribution is 5.94. The number of hydrogen-bond acceptors (Lipinski definition) is 2. The van der Waals surface area contributed by atoms with E-state index >= 15 is 0 Å². The molecule has 3 nitrogen and oxygen atoms in total. The van der Waals surface area contributed by atoms with E-state index in [1.165, 1.54) is 12.7 Å². The van der Waals surface area contributed by atoms with Gasteiger partial charge in [-0.25, -0.2) is 0 Å². The fourth-order valence-corrected chi connectivity index (χ4v) is 1.95. The zero-order valence-corrected chi connectivity index (χ0v) is 8.40. The van der Waals surface area contributed by atoms with E-state index in [1.54, 1.807) is 12.3 Å². The molecule has 0 bridgehead atoms. The quantitative estimate of drug-likeness (QED) is 0.685. The first-order valence-corrected chi connectivity index (χ1v) is 5.12. The minimum atomic E-state index is 0.103. The highest BCUT2D eigenvalue weighted by Gasteiger charge is 2.24. The predicted octanol–water partition coefficient (Wildman–Crippen LogP) is 2.29. The number of hydrogen-bond donors (Lipinski definition) is 0. The van der Waals surface area contributed by atoms with Crippen LogP contribution in [0.5, 0.6) is 0 Å². The zero-order chi connectivity index (χ0) is 9.97. The van der Waals surface area contributed by atoms with Crippen molar-refractivity contribution in [2.75, 3.05) is 6.54 Å². The molecule has 1 aromatic heterocycles. The molecular formula is C11H15NO2. The largest absolute Gasteiger partial charge is 0.472 e. The Bertz CT molecular complexity index is 305. The van der Waals surface area contributed by atoms with E-state index < -0.39 is 0 Å². The van der Waals surface area contributed by atoms with Crippen molar-refractivity contribution in [2.45, 2.75) is 32.2 Å². The van der Waals surface area contributed by atoms with Gasteiger partial charge in [0.25, 0.3) is 5.91 Å². The molecule has 1 fully saturated rings. The lowest BCUT2D eigenvalue weighted by atomic mass is 10.0. The minimum Gasteiger partial charge on any atom is -0.472 e. The average molecular weight is 193 g/mol. The Labute approximate surface area is 83.7 Å². The molecule has 3 heteroatoms. The summed E-state index contributed by atoms with van der Waals surface area (Å²) in [7, 11) is 0. The molecule has 0 spiro atoms. The normalized spacial score (nSPS) is 22.4. The van der Waals surface area contributed by atoms with Crippen LogP contribution < -0.4 is 0 Å². The molecule has 2 rings (SSSR count). The van der Waals surface area contributed by atoms with Gasteiger partial charge >= 0.3 is 0 Å². The number of piperidine rings is 1. The van der Waals surface area contributed by atoms with Gasteiger partial charge < -0.3 is 9.32 Å². The Morgan fingerprint density at radius 3 is 3.07 bits per heavy atom. The Morgan fingerprint density at radius 2 is 2.43 bits per heavy atom. The molecule has 1 amide bonds. The van der Waals surface area contributed by atoms with Crippen molar-refractivity contribution in [3.63, 3.8) is 0 Å².